The number of halogens is 4. The molecule has 1 aromatic heterocycles. The Labute approximate surface area is 145 Å². The molecule has 0 saturated heterocycles. The smallest absolute Gasteiger partial charge is 0.273 e. The van der Waals surface area contributed by atoms with Crippen LogP contribution in [-0.4, -0.2) is 18.6 Å². The number of primary sulfonamides is 1. The van der Waals surface area contributed by atoms with Crippen LogP contribution in [0, 0.1) is 5.82 Å². The number of sulfonamides is 1. The number of alkyl halides is 3. The first-order valence-electron chi connectivity index (χ1n) is 7.12. The summed E-state index contributed by atoms with van der Waals surface area (Å²) in [7, 11) is -3.89. The summed E-state index contributed by atoms with van der Waals surface area (Å²) in [5.74, 6) is -0.781. The summed E-state index contributed by atoms with van der Waals surface area (Å²) in [5.41, 5.74) is -0.985. The van der Waals surface area contributed by atoms with Gasteiger partial charge in [0.1, 0.15) is 11.5 Å². The van der Waals surface area contributed by atoms with Gasteiger partial charge in [-0.1, -0.05) is 24.3 Å². The monoisotopic (exact) mass is 385 g/mol. The number of hydrogen-bond donors (Lipinski definition) is 2. The predicted octanol–water partition coefficient (Wildman–Crippen LogP) is 3.55. The van der Waals surface area contributed by atoms with E-state index in [0.29, 0.717) is 11.6 Å². The molecule has 3 N–H and O–H groups in total. The van der Waals surface area contributed by atoms with Crippen molar-refractivity contribution in [3.8, 4) is 22.4 Å². The number of nitrogens with zero attached hydrogens (tertiary/aromatic N) is 1. The minimum Gasteiger partial charge on any atom is -0.273 e. The van der Waals surface area contributed by atoms with E-state index in [1.165, 1.54) is 42.5 Å². The minimum absolute atomic E-state index is 0.0834. The van der Waals surface area contributed by atoms with Crippen LogP contribution in [0.15, 0.2) is 53.4 Å². The molecule has 0 aliphatic heterocycles. The Morgan fingerprint density at radius 2 is 1.62 bits per heavy atom. The zero-order valence-electron chi connectivity index (χ0n) is 12.9. The van der Waals surface area contributed by atoms with Gasteiger partial charge in [0.25, 0.3) is 0 Å². The number of rotatable bonds is 3. The van der Waals surface area contributed by atoms with Crippen LogP contribution in [0.4, 0.5) is 17.6 Å². The van der Waals surface area contributed by atoms with Crippen LogP contribution < -0.4 is 5.14 Å². The third kappa shape index (κ3) is 3.46. The van der Waals surface area contributed by atoms with Crippen LogP contribution in [0.25, 0.3) is 22.4 Å². The van der Waals surface area contributed by atoms with Gasteiger partial charge >= 0.3 is 6.18 Å². The Bertz CT molecular complexity index is 1060. The van der Waals surface area contributed by atoms with Gasteiger partial charge in [-0.05, 0) is 29.8 Å². The van der Waals surface area contributed by atoms with Crippen molar-refractivity contribution in [1.82, 2.24) is 10.2 Å². The molecule has 0 aliphatic carbocycles. The maximum absolute atomic E-state index is 14.8. The first-order valence-corrected chi connectivity index (χ1v) is 8.67. The van der Waals surface area contributed by atoms with Crippen molar-refractivity contribution in [1.29, 1.82) is 0 Å². The predicted molar refractivity (Wildman–Crippen MR) is 85.8 cm³/mol. The summed E-state index contributed by atoms with van der Waals surface area (Å²) >= 11 is 0. The van der Waals surface area contributed by atoms with Crippen LogP contribution in [0.2, 0.25) is 0 Å². The molecule has 0 saturated carbocycles. The highest BCUT2D eigenvalue weighted by Gasteiger charge is 2.33. The number of benzene rings is 2. The highest BCUT2D eigenvalue weighted by molar-refractivity contribution is 7.89. The molecular weight excluding hydrogens is 374 g/mol. The number of aromatic nitrogens is 2. The largest absolute Gasteiger partial charge is 0.432 e. The summed E-state index contributed by atoms with van der Waals surface area (Å²) in [6.07, 6.45) is -4.62. The van der Waals surface area contributed by atoms with E-state index in [1.807, 2.05) is 5.10 Å². The summed E-state index contributed by atoms with van der Waals surface area (Å²) < 4.78 is 75.4. The molecule has 2 aromatic carbocycles. The van der Waals surface area contributed by atoms with Gasteiger partial charge in [0.05, 0.1) is 10.6 Å². The Hall–Kier alpha value is -2.72. The zero-order valence-corrected chi connectivity index (χ0v) is 13.7. The van der Waals surface area contributed by atoms with Gasteiger partial charge in [-0.2, -0.15) is 18.3 Å². The second-order valence-electron chi connectivity index (χ2n) is 5.40. The van der Waals surface area contributed by atoms with Crippen LogP contribution in [0.1, 0.15) is 5.69 Å². The SMILES string of the molecule is NS(=O)(=O)c1ccc(-c2cccc(-c3cc(C(F)(F)F)[nH]n3)c2F)cc1. The quantitative estimate of drug-likeness (QED) is 0.676. The highest BCUT2D eigenvalue weighted by atomic mass is 32.2. The highest BCUT2D eigenvalue weighted by Crippen LogP contribution is 2.34. The average molecular weight is 385 g/mol. The van der Waals surface area contributed by atoms with Crippen LogP contribution in [-0.2, 0) is 16.2 Å². The second kappa shape index (κ2) is 6.22. The summed E-state index contributed by atoms with van der Waals surface area (Å²) in [5, 5.41) is 10.4. The van der Waals surface area contributed by atoms with E-state index >= 15 is 0 Å². The van der Waals surface area contributed by atoms with Crippen molar-refractivity contribution in [3.63, 3.8) is 0 Å². The number of hydrogen-bond acceptors (Lipinski definition) is 3. The molecule has 5 nitrogen and oxygen atoms in total. The van der Waals surface area contributed by atoms with E-state index in [1.54, 1.807) is 0 Å². The first kappa shape index (κ1) is 18.1. The summed E-state index contributed by atoms with van der Waals surface area (Å²) in [6.45, 7) is 0. The lowest BCUT2D eigenvalue weighted by atomic mass is 10.0. The molecule has 3 rings (SSSR count). The van der Waals surface area contributed by atoms with Crippen molar-refractivity contribution in [2.45, 2.75) is 11.1 Å². The van der Waals surface area contributed by atoms with Crippen molar-refractivity contribution >= 4 is 10.0 Å². The average Bonchev–Trinajstić information content (AvgIpc) is 3.04. The molecule has 0 amide bonds. The van der Waals surface area contributed by atoms with E-state index in [-0.39, 0.29) is 21.7 Å². The Balaban J connectivity index is 2.04. The Morgan fingerprint density at radius 1 is 1.00 bits per heavy atom. The van der Waals surface area contributed by atoms with E-state index in [4.69, 9.17) is 5.14 Å². The van der Waals surface area contributed by atoms with Crippen LogP contribution in [0.5, 0.6) is 0 Å². The molecule has 26 heavy (non-hydrogen) atoms. The third-order valence-electron chi connectivity index (χ3n) is 3.65. The lowest BCUT2D eigenvalue weighted by Crippen LogP contribution is -2.11. The number of nitrogens with two attached hydrogens (primary N) is 1. The molecule has 136 valence electrons. The molecule has 0 aliphatic rings. The fraction of sp³-hybridized carbons (Fsp3) is 0.0625. The van der Waals surface area contributed by atoms with Crippen molar-refractivity contribution in [2.75, 3.05) is 0 Å². The molecule has 0 radical (unpaired) electrons. The van der Waals surface area contributed by atoms with Crippen LogP contribution >= 0.6 is 0 Å². The molecule has 0 spiro atoms. The lowest BCUT2D eigenvalue weighted by molar-refractivity contribution is -0.141. The Morgan fingerprint density at radius 3 is 2.15 bits per heavy atom. The van der Waals surface area contributed by atoms with Gasteiger partial charge in [0.2, 0.25) is 10.0 Å². The minimum atomic E-state index is -4.62. The lowest BCUT2D eigenvalue weighted by Gasteiger charge is -2.08. The van der Waals surface area contributed by atoms with E-state index in [0.717, 1.165) is 0 Å². The standard InChI is InChI=1S/C16H11F4N3O2S/c17-15-11(9-4-6-10(7-5-9)26(21,24)25)2-1-3-12(15)13-8-14(23-22-13)16(18,19)20/h1-8H,(H,22,23)(H2,21,24,25). The van der Waals surface area contributed by atoms with Crippen molar-refractivity contribution in [2.24, 2.45) is 5.14 Å². The molecule has 0 fully saturated rings. The topological polar surface area (TPSA) is 88.8 Å². The van der Waals surface area contributed by atoms with Crippen LogP contribution in [0.3, 0.4) is 0 Å². The van der Waals surface area contributed by atoms with E-state index < -0.39 is 27.7 Å². The number of nitrogens with one attached hydrogen (secondary N) is 1. The Kier molecular flexibility index (Phi) is 4.32. The number of H-pyrrole nitrogens is 1. The molecule has 1 heterocycles. The van der Waals surface area contributed by atoms with Crippen molar-refractivity contribution < 1.29 is 26.0 Å². The molecule has 0 bridgehead atoms. The second-order valence-corrected chi connectivity index (χ2v) is 6.96. The molecule has 0 atom stereocenters. The summed E-state index contributed by atoms with van der Waals surface area (Å²) in [6, 6.07) is 10.0. The molecule has 10 heteroatoms. The molecule has 0 unspecified atom stereocenters. The van der Waals surface area contributed by atoms with Gasteiger partial charge in [-0.3, -0.25) is 5.10 Å². The maximum Gasteiger partial charge on any atom is 0.432 e. The summed E-state index contributed by atoms with van der Waals surface area (Å²) in [4.78, 5) is -0.139. The maximum atomic E-state index is 14.8. The van der Waals surface area contributed by atoms with Gasteiger partial charge in [0, 0.05) is 11.1 Å². The molecule has 3 aromatic rings. The normalized spacial score (nSPS) is 12.3. The van der Waals surface area contributed by atoms with Gasteiger partial charge in [0.15, 0.2) is 0 Å². The third-order valence-corrected chi connectivity index (χ3v) is 4.58. The zero-order chi connectivity index (χ0) is 19.1. The molecular formula is C16H11F4N3O2S. The van der Waals surface area contributed by atoms with Crippen molar-refractivity contribution in [3.05, 3.63) is 60.0 Å². The van der Waals surface area contributed by atoms with Gasteiger partial charge in [-0.25, -0.2) is 17.9 Å². The fourth-order valence-electron chi connectivity index (χ4n) is 2.38. The first-order chi connectivity index (χ1) is 12.1. The van der Waals surface area contributed by atoms with Gasteiger partial charge < -0.3 is 0 Å². The van der Waals surface area contributed by atoms with Gasteiger partial charge in [-0.15, -0.1) is 0 Å². The fourth-order valence-corrected chi connectivity index (χ4v) is 2.90. The van der Waals surface area contributed by atoms with E-state index in [2.05, 4.69) is 5.10 Å². The number of aromatic amines is 1. The van der Waals surface area contributed by atoms with E-state index in [9.17, 15) is 26.0 Å².